The van der Waals surface area contributed by atoms with Crippen LogP contribution in [0, 0.1) is 11.3 Å². The number of aromatic nitrogens is 2. The first kappa shape index (κ1) is 41.0. The fraction of sp³-hybridized carbons (Fsp3) is 0.500. The van der Waals surface area contributed by atoms with E-state index in [4.69, 9.17) is 14.5 Å². The number of carbonyl (C=O) groups is 3. The Balaban J connectivity index is 1.51. The van der Waals surface area contributed by atoms with Crippen LogP contribution in [0.2, 0.25) is 0 Å². The van der Waals surface area contributed by atoms with Crippen LogP contribution in [0.5, 0.6) is 0 Å². The van der Waals surface area contributed by atoms with Crippen molar-refractivity contribution in [3.8, 4) is 22.4 Å². The second-order valence-corrected chi connectivity index (χ2v) is 16.4. The Labute approximate surface area is 329 Å². The average Bonchev–Trinajstić information content (AvgIpc) is 3.50. The molecule has 2 aromatic carbocycles. The predicted octanol–water partition coefficient (Wildman–Crippen LogP) is 6.63. The Morgan fingerprint density at radius 2 is 1.89 bits per heavy atom. The summed E-state index contributed by atoms with van der Waals surface area (Å²) in [4.78, 5) is 48.0. The summed E-state index contributed by atoms with van der Waals surface area (Å²) in [5, 5.41) is 5.50. The first-order chi connectivity index (χ1) is 26.8. The van der Waals surface area contributed by atoms with Crippen molar-refractivity contribution in [3.05, 3.63) is 77.6 Å². The standard InChI is InChI=1S/C44H57FN6O5/c1-9-50-37-18-17-31-23-33(37)34(40(50)32-15-11-19-46-38(32)28(4)55-8)24-44(5,6)25-56-43(54)35-16-12-20-51(48-35)42(53)36(22-29-13-10-14-30(31)21-29)47-41(52)39(27(2)3)49(7)26-45/h10-11,13-15,17-19,21,23,27-28,35-36,39,48H,9,12,16,20,22,24-26H2,1-8H3,(H,47,52)/t28?,35-,36?,39?/m0/s1. The number of pyridine rings is 1. The number of esters is 1. The number of nitrogens with one attached hydrogen (secondary N) is 2. The molecule has 0 radical (unpaired) electrons. The third-order valence-electron chi connectivity index (χ3n) is 11.2. The lowest BCUT2D eigenvalue weighted by atomic mass is 9.84. The summed E-state index contributed by atoms with van der Waals surface area (Å²) in [5.74, 6) is -1.44. The molecule has 6 bridgehead atoms. The molecule has 4 atom stereocenters. The van der Waals surface area contributed by atoms with Crippen molar-refractivity contribution in [3.63, 3.8) is 0 Å². The quantitative estimate of drug-likeness (QED) is 0.144. The van der Waals surface area contributed by atoms with Crippen molar-refractivity contribution in [1.29, 1.82) is 0 Å². The summed E-state index contributed by atoms with van der Waals surface area (Å²) in [7, 11) is 3.25. The second kappa shape index (κ2) is 17.2. The minimum atomic E-state index is -0.981. The van der Waals surface area contributed by atoms with Gasteiger partial charge in [0.2, 0.25) is 5.91 Å². The molecule has 2 aliphatic heterocycles. The molecule has 0 aliphatic carbocycles. The SMILES string of the molecule is CCn1c(-c2cccnc2C(C)OC)c2c3cc(ccc31)-c1cccc(c1)CC(NC(=O)C(C(C)C)N(C)CF)C(=O)N1CCC[C@H](N1)C(=O)OCC(C)(C)C2. The largest absolute Gasteiger partial charge is 0.464 e. The Morgan fingerprint density at radius 3 is 2.61 bits per heavy atom. The predicted molar refractivity (Wildman–Crippen MR) is 216 cm³/mol. The molecule has 0 saturated carbocycles. The van der Waals surface area contributed by atoms with Crippen LogP contribution >= 0.6 is 0 Å². The number of methoxy groups -OCH3 is 1. The average molecular weight is 769 g/mol. The van der Waals surface area contributed by atoms with Crippen molar-refractivity contribution in [2.24, 2.45) is 11.3 Å². The van der Waals surface area contributed by atoms with E-state index in [1.165, 1.54) is 9.91 Å². The number of alkyl halides is 1. The fourth-order valence-corrected chi connectivity index (χ4v) is 8.33. The molecule has 2 aliphatic rings. The van der Waals surface area contributed by atoms with Gasteiger partial charge in [0.15, 0.2) is 0 Å². The molecule has 6 rings (SSSR count). The van der Waals surface area contributed by atoms with E-state index >= 15 is 0 Å². The van der Waals surface area contributed by atoms with E-state index in [2.05, 4.69) is 72.5 Å². The molecular weight excluding hydrogens is 712 g/mol. The Kier molecular flexibility index (Phi) is 12.6. The number of hydrogen-bond donors (Lipinski definition) is 2. The van der Waals surface area contributed by atoms with Gasteiger partial charge in [-0.15, -0.1) is 0 Å². The monoisotopic (exact) mass is 768 g/mol. The van der Waals surface area contributed by atoms with Gasteiger partial charge in [-0.3, -0.25) is 29.3 Å². The third-order valence-corrected chi connectivity index (χ3v) is 11.2. The molecule has 2 amide bonds. The van der Waals surface area contributed by atoms with Gasteiger partial charge in [0.1, 0.15) is 18.9 Å². The van der Waals surface area contributed by atoms with Crippen molar-refractivity contribution in [1.82, 2.24) is 30.2 Å². The molecule has 56 heavy (non-hydrogen) atoms. The first-order valence-corrected chi connectivity index (χ1v) is 19.8. The van der Waals surface area contributed by atoms with Crippen LogP contribution in [-0.2, 0) is 43.2 Å². The molecule has 12 heteroatoms. The van der Waals surface area contributed by atoms with Gasteiger partial charge >= 0.3 is 5.97 Å². The second-order valence-electron chi connectivity index (χ2n) is 16.4. The molecule has 4 heterocycles. The molecule has 2 aromatic heterocycles. The van der Waals surface area contributed by atoms with E-state index < -0.39 is 42.2 Å². The summed E-state index contributed by atoms with van der Waals surface area (Å²) in [6, 6.07) is 16.1. The Morgan fingerprint density at radius 1 is 1.12 bits per heavy atom. The number of nitrogens with zero attached hydrogens (tertiary/aromatic N) is 4. The summed E-state index contributed by atoms with van der Waals surface area (Å²) in [6.45, 7) is 12.5. The van der Waals surface area contributed by atoms with E-state index in [1.54, 1.807) is 20.4 Å². The van der Waals surface area contributed by atoms with Crippen LogP contribution < -0.4 is 10.7 Å². The number of benzene rings is 2. The highest BCUT2D eigenvalue weighted by Gasteiger charge is 2.37. The molecule has 11 nitrogen and oxygen atoms in total. The summed E-state index contributed by atoms with van der Waals surface area (Å²) >= 11 is 0. The number of fused-ring (bicyclic) bond motifs is 6. The van der Waals surface area contributed by atoms with Crippen molar-refractivity contribution in [2.75, 3.05) is 34.1 Å². The van der Waals surface area contributed by atoms with Crippen LogP contribution in [0.1, 0.15) is 77.3 Å². The summed E-state index contributed by atoms with van der Waals surface area (Å²) in [5.41, 5.74) is 10.6. The van der Waals surface area contributed by atoms with E-state index in [-0.39, 0.29) is 31.0 Å². The molecule has 0 spiro atoms. The number of hydrogen-bond acceptors (Lipinski definition) is 8. The number of hydrazine groups is 1. The number of aryl methyl sites for hydroxylation is 1. The van der Waals surface area contributed by atoms with Crippen molar-refractivity contribution >= 4 is 28.7 Å². The number of rotatable bonds is 9. The number of halogens is 1. The zero-order chi connectivity index (χ0) is 40.3. The summed E-state index contributed by atoms with van der Waals surface area (Å²) in [6.07, 6.45) is 3.43. The van der Waals surface area contributed by atoms with Gasteiger partial charge in [-0.2, -0.15) is 0 Å². The maximum Gasteiger partial charge on any atom is 0.324 e. The first-order valence-electron chi connectivity index (χ1n) is 19.8. The number of ether oxygens (including phenoxy) is 2. The minimum Gasteiger partial charge on any atom is -0.464 e. The zero-order valence-corrected chi connectivity index (χ0v) is 34.0. The number of amides is 2. The fourth-order valence-electron chi connectivity index (χ4n) is 8.33. The van der Waals surface area contributed by atoms with E-state index in [9.17, 15) is 18.8 Å². The molecule has 300 valence electrons. The molecule has 1 fully saturated rings. The summed E-state index contributed by atoms with van der Waals surface area (Å²) < 4.78 is 28.0. The van der Waals surface area contributed by atoms with Crippen LogP contribution in [0.3, 0.4) is 0 Å². The number of cyclic esters (lactones) is 1. The van der Waals surface area contributed by atoms with Crippen LogP contribution in [-0.4, -0.2) is 89.5 Å². The molecular formula is C44H57FN6O5. The highest BCUT2D eigenvalue weighted by molar-refractivity contribution is 5.95. The lowest BCUT2D eigenvalue weighted by molar-refractivity contribution is -0.155. The van der Waals surface area contributed by atoms with Gasteiger partial charge in [0.25, 0.3) is 5.91 Å². The molecule has 3 unspecified atom stereocenters. The van der Waals surface area contributed by atoms with Gasteiger partial charge in [-0.05, 0) is 92.6 Å². The molecule has 1 saturated heterocycles. The highest BCUT2D eigenvalue weighted by Crippen LogP contribution is 2.42. The van der Waals surface area contributed by atoms with Gasteiger partial charge in [-0.25, -0.2) is 9.82 Å². The Bertz CT molecular complexity index is 2060. The smallest absolute Gasteiger partial charge is 0.324 e. The lowest BCUT2D eigenvalue weighted by Gasteiger charge is -2.36. The van der Waals surface area contributed by atoms with Crippen molar-refractivity contribution < 1.29 is 28.2 Å². The minimum absolute atomic E-state index is 0.156. The van der Waals surface area contributed by atoms with Crippen molar-refractivity contribution in [2.45, 2.75) is 98.0 Å². The number of carbonyl (C=O) groups excluding carboxylic acids is 3. The van der Waals surface area contributed by atoms with Gasteiger partial charge in [-0.1, -0.05) is 58.0 Å². The maximum absolute atomic E-state index is 14.3. The topological polar surface area (TPSA) is 118 Å². The zero-order valence-electron chi connectivity index (χ0n) is 34.0. The van der Waals surface area contributed by atoms with E-state index in [0.29, 0.717) is 25.8 Å². The molecule has 2 N–H and O–H groups in total. The maximum atomic E-state index is 14.3. The molecule has 4 aromatic rings. The highest BCUT2D eigenvalue weighted by atomic mass is 19.1. The Hall–Kier alpha value is -4.65. The van der Waals surface area contributed by atoms with Gasteiger partial charge in [0.05, 0.1) is 30.1 Å². The van der Waals surface area contributed by atoms with E-state index in [1.807, 2.05) is 39.0 Å². The lowest BCUT2D eigenvalue weighted by Crippen LogP contribution is -2.62. The normalized spacial score (nSPS) is 20.2. The number of likely N-dealkylation sites (N-methyl/N-ethyl adjacent to an activating group) is 1. The van der Waals surface area contributed by atoms with Crippen LogP contribution in [0.15, 0.2) is 60.8 Å². The third kappa shape index (κ3) is 8.52. The van der Waals surface area contributed by atoms with E-state index in [0.717, 1.165) is 56.7 Å². The van der Waals surface area contributed by atoms with Crippen LogP contribution in [0.25, 0.3) is 33.3 Å². The van der Waals surface area contributed by atoms with Gasteiger partial charge in [0, 0.05) is 54.7 Å². The van der Waals surface area contributed by atoms with Gasteiger partial charge < -0.3 is 19.4 Å². The van der Waals surface area contributed by atoms with Crippen LogP contribution in [0.4, 0.5) is 4.39 Å².